The molecule has 0 saturated carbocycles. The van der Waals surface area contributed by atoms with Gasteiger partial charge in [-0.15, -0.1) is 9.15 Å². The minimum atomic E-state index is -1.22. The largest absolute Gasteiger partial charge is 0.402 e. The van der Waals surface area contributed by atoms with Gasteiger partial charge in [-0.05, 0) is 63.9 Å². The van der Waals surface area contributed by atoms with Crippen LogP contribution in [0.1, 0.15) is 223 Å². The summed E-state index contributed by atoms with van der Waals surface area (Å²) in [6.45, 7) is 22.7. The maximum Gasteiger partial charge on any atom is 0.402 e. The fraction of sp³-hybridized carbons (Fsp3) is 0.676. The molecule has 16 atom stereocenters. The maximum absolute atomic E-state index is 7.23. The maximum atomic E-state index is 7.23. The van der Waals surface area contributed by atoms with Crippen LogP contribution in [0.15, 0.2) is 90.9 Å². The highest BCUT2D eigenvalue weighted by Crippen LogP contribution is 2.63. The molecule has 10 aliphatic carbocycles. The van der Waals surface area contributed by atoms with Gasteiger partial charge in [-0.3, -0.25) is 0 Å². The van der Waals surface area contributed by atoms with Crippen molar-refractivity contribution in [3.8, 4) is 0 Å². The highest BCUT2D eigenvalue weighted by Gasteiger charge is 2.75. The first-order valence-corrected chi connectivity index (χ1v) is 36.2. The number of epoxide rings is 1. The molecule has 6 bridgehead atoms. The summed E-state index contributed by atoms with van der Waals surface area (Å²) in [5.41, 5.74) is 11.5. The van der Waals surface area contributed by atoms with E-state index in [-0.39, 0.29) is 84.2 Å². The van der Waals surface area contributed by atoms with Gasteiger partial charge in [0.15, 0.2) is 0 Å². The van der Waals surface area contributed by atoms with Crippen LogP contribution in [0.4, 0.5) is 11.6 Å². The van der Waals surface area contributed by atoms with E-state index in [0.717, 1.165) is 168 Å². The fourth-order valence-electron chi connectivity index (χ4n) is 18.0. The van der Waals surface area contributed by atoms with Gasteiger partial charge in [-0.2, -0.15) is 0 Å². The van der Waals surface area contributed by atoms with Gasteiger partial charge in [-0.1, -0.05) is 177 Å². The van der Waals surface area contributed by atoms with Crippen LogP contribution in [-0.2, 0) is 43.8 Å². The molecule has 0 aromatic carbocycles. The van der Waals surface area contributed by atoms with Crippen LogP contribution >= 0.6 is 0 Å². The lowest BCUT2D eigenvalue weighted by atomic mass is 9.68. The average Bonchev–Trinajstić information content (AvgIpc) is 1.44. The Hall–Kier alpha value is -5.04. The molecule has 16 nitrogen and oxygen atoms in total. The van der Waals surface area contributed by atoms with E-state index in [1.165, 1.54) is 44.5 Å². The van der Waals surface area contributed by atoms with Gasteiger partial charge in [0.2, 0.25) is 17.1 Å². The summed E-state index contributed by atoms with van der Waals surface area (Å²) in [5.74, 6) is 2.71. The predicted octanol–water partition coefficient (Wildman–Crippen LogP) is 12.7. The Kier molecular flexibility index (Phi) is 16.0. The third kappa shape index (κ3) is 8.57. The Bertz CT molecular complexity index is 3680. The molecule has 1 fully saturated rings. The number of unbranched alkanes of at least 4 members (excludes halogenated alkanes) is 10. The molecule has 17 aliphatic rings. The summed E-state index contributed by atoms with van der Waals surface area (Å²) in [7, 11) is 0. The molecule has 16 unspecified atom stereocenters. The van der Waals surface area contributed by atoms with Crippen LogP contribution in [0.5, 0.6) is 0 Å². The summed E-state index contributed by atoms with van der Waals surface area (Å²) in [4.78, 5) is 25.2. The van der Waals surface area contributed by atoms with Gasteiger partial charge in [0.05, 0.1) is 43.2 Å². The summed E-state index contributed by atoms with van der Waals surface area (Å²) >= 11 is 0. The van der Waals surface area contributed by atoms with Gasteiger partial charge >= 0.3 is 5.91 Å². The minimum absolute atomic E-state index is 0.129. The van der Waals surface area contributed by atoms with Crippen molar-refractivity contribution in [1.82, 2.24) is 9.13 Å². The fourth-order valence-corrected chi connectivity index (χ4v) is 18.0. The van der Waals surface area contributed by atoms with E-state index in [4.69, 9.17) is 57.9 Å². The van der Waals surface area contributed by atoms with Crippen molar-refractivity contribution in [3.63, 3.8) is 0 Å². The Morgan fingerprint density at radius 1 is 0.400 bits per heavy atom. The topological polar surface area (TPSA) is 142 Å². The molecule has 0 amide bonds. The predicted molar refractivity (Wildman–Crippen MR) is 346 cm³/mol. The van der Waals surface area contributed by atoms with E-state index in [0.29, 0.717) is 46.2 Å². The molecule has 480 valence electrons. The molecule has 7 aliphatic heterocycles. The molecule has 1 spiro atoms. The first kappa shape index (κ1) is 59.9. The molecular weight excluding hydrogens is 1130 g/mol. The molecule has 19 rings (SSSR count). The number of hydrogen-bond acceptors (Lipinski definition) is 12. The van der Waals surface area contributed by atoms with Crippen molar-refractivity contribution in [2.75, 3.05) is 46.2 Å². The third-order valence-corrected chi connectivity index (χ3v) is 22.4. The van der Waals surface area contributed by atoms with Crippen LogP contribution < -0.4 is 11.0 Å². The first-order chi connectivity index (χ1) is 44.4. The molecule has 2 aromatic heterocycles. The summed E-state index contributed by atoms with van der Waals surface area (Å²) in [5, 5.41) is 0. The van der Waals surface area contributed by atoms with E-state index >= 15 is 0 Å². The Morgan fingerprint density at radius 3 is 1.34 bits per heavy atom. The molecular formula is C74H98N8O8+2. The van der Waals surface area contributed by atoms with Crippen molar-refractivity contribution in [2.45, 2.75) is 255 Å². The van der Waals surface area contributed by atoms with Gasteiger partial charge in [0.1, 0.15) is 17.4 Å². The normalized spacial score (nSPS) is 34.1. The number of rotatable bonds is 34. The smallest absolute Gasteiger partial charge is 0.375 e. The first-order valence-electron chi connectivity index (χ1n) is 36.2. The molecule has 1 saturated heterocycles. The van der Waals surface area contributed by atoms with Gasteiger partial charge in [0, 0.05) is 126 Å². The standard InChI is InChI=1S/C74H98N8O8/c1-9-17-25-26-27-50-51(49-34-35-73(64(49)90-73)89-42-24-16-8)66-76-68-54-45-30-31-46(61(86-39-21-13-5)60(45)85-38-20-12-4)55(54)70-78-72-57-48-33-32-47(62(87-40-22-14-6)63(48)88-41-23-15-7)56(57)71-77-69-53-44-29-28-43(58(83-36-18-10-2)59(44)84-37-19-11-3)52(53)67-75-65(50)79(66)74(80(67)69,81(68)70)82(71)72/h28-35,43-49,58-64H,9-27,36-42H2,1-8H3/q+2. The second kappa shape index (κ2) is 24.1. The van der Waals surface area contributed by atoms with Gasteiger partial charge < -0.3 is 37.9 Å². The van der Waals surface area contributed by atoms with Crippen LogP contribution in [0.3, 0.4) is 0 Å². The highest BCUT2D eigenvalue weighted by atomic mass is 16.8. The number of aromatic nitrogens is 2. The lowest BCUT2D eigenvalue weighted by Crippen LogP contribution is -2.72. The number of amidine groups is 4. The molecule has 90 heavy (non-hydrogen) atoms. The van der Waals surface area contributed by atoms with Gasteiger partial charge in [0.25, 0.3) is 23.3 Å². The Balaban J connectivity index is 1.00. The van der Waals surface area contributed by atoms with Crippen LogP contribution in [-0.4, -0.2) is 136 Å². The zero-order chi connectivity index (χ0) is 61.2. The monoisotopic (exact) mass is 1230 g/mol. The molecule has 2 aromatic rings. The summed E-state index contributed by atoms with van der Waals surface area (Å²) in [6, 6.07) is 0. The summed E-state index contributed by atoms with van der Waals surface area (Å²) < 4.78 is 67.4. The number of aliphatic imine (C=N–C) groups is 2. The second-order valence-corrected chi connectivity index (χ2v) is 28.0. The minimum Gasteiger partial charge on any atom is -0.375 e. The number of hydrogen-bond donors (Lipinski definition) is 0. The van der Waals surface area contributed by atoms with E-state index in [1.54, 1.807) is 0 Å². The SMILES string of the molecule is CCCCCCC1=C(C2C=CC3(OCCCC)OC23)C2=Nc3c4c(c5n3C36n7c(c8c(c7=N5)C5C=CC8C(OCCCC)C5OCCCC)=NC5=[N+]3C(=NC1=[N+]26)C1=C5C2C=CC1C(OCCCC)C2OCCCC)C1C=CC4C(OCCCC)C1OCCCC. The van der Waals surface area contributed by atoms with E-state index < -0.39 is 11.7 Å². The van der Waals surface area contributed by atoms with Crippen molar-refractivity contribution < 1.29 is 47.0 Å². The number of ether oxygens (including phenoxy) is 8. The number of fused-ring (bicyclic) bond motifs is 4. The van der Waals surface area contributed by atoms with Crippen LogP contribution in [0.2, 0.25) is 0 Å². The lowest BCUT2D eigenvalue weighted by Gasteiger charge is -2.44. The zero-order valence-corrected chi connectivity index (χ0v) is 54.9. The quantitative estimate of drug-likeness (QED) is 0.0292. The van der Waals surface area contributed by atoms with Crippen LogP contribution in [0, 0.1) is 17.8 Å². The average molecular weight is 1230 g/mol. The Labute approximate surface area is 532 Å². The number of nitrogens with zero attached hydrogens (tertiary/aromatic N) is 8. The lowest BCUT2D eigenvalue weighted by molar-refractivity contribution is -0.792. The van der Waals surface area contributed by atoms with Crippen molar-refractivity contribution in [1.29, 1.82) is 0 Å². The third-order valence-electron chi connectivity index (χ3n) is 22.4. The summed E-state index contributed by atoms with van der Waals surface area (Å²) in [6.07, 6.45) is 37.3. The molecule has 0 radical (unpaired) electrons. The second-order valence-electron chi connectivity index (χ2n) is 28.0. The zero-order valence-electron chi connectivity index (χ0n) is 54.9. The molecule has 0 N–H and O–H groups in total. The van der Waals surface area contributed by atoms with Crippen molar-refractivity contribution >= 4 is 35.0 Å². The van der Waals surface area contributed by atoms with Crippen molar-refractivity contribution in [3.05, 3.63) is 104 Å². The Morgan fingerprint density at radius 2 is 0.833 bits per heavy atom. The highest BCUT2D eigenvalue weighted by molar-refractivity contribution is 6.22. The van der Waals surface area contributed by atoms with E-state index in [9.17, 15) is 0 Å². The van der Waals surface area contributed by atoms with Gasteiger partial charge in [-0.25, -0.2) is 14.1 Å². The molecule has 9 heterocycles. The van der Waals surface area contributed by atoms with E-state index in [2.05, 4.69) is 122 Å². The molecule has 16 heteroatoms. The van der Waals surface area contributed by atoms with Crippen LogP contribution in [0.25, 0.3) is 0 Å². The van der Waals surface area contributed by atoms with Crippen molar-refractivity contribution in [2.24, 2.45) is 37.7 Å². The van der Waals surface area contributed by atoms with E-state index in [1.807, 2.05) is 0 Å².